The summed E-state index contributed by atoms with van der Waals surface area (Å²) in [5.74, 6) is 0.837. The molecular formula is C9H20N2. The molecule has 1 saturated carbocycles. The van der Waals surface area contributed by atoms with Crippen molar-refractivity contribution < 1.29 is 0 Å². The lowest BCUT2D eigenvalue weighted by Gasteiger charge is -2.35. The third-order valence-corrected chi connectivity index (χ3v) is 2.19. The molecule has 0 amide bonds. The number of nitrogens with two attached hydrogens (primary N) is 1. The van der Waals surface area contributed by atoms with Crippen LogP contribution in [0.3, 0.4) is 0 Å². The summed E-state index contributed by atoms with van der Waals surface area (Å²) < 4.78 is 0. The molecule has 11 heavy (non-hydrogen) atoms. The summed E-state index contributed by atoms with van der Waals surface area (Å²) in [6.07, 6.45) is 2.42. The lowest BCUT2D eigenvalue weighted by molar-refractivity contribution is 0.235. The van der Waals surface area contributed by atoms with E-state index in [1.54, 1.807) is 0 Å². The Labute approximate surface area is 69.5 Å². The van der Waals surface area contributed by atoms with Gasteiger partial charge in [0.15, 0.2) is 0 Å². The van der Waals surface area contributed by atoms with Gasteiger partial charge in [0.05, 0.1) is 0 Å². The summed E-state index contributed by atoms with van der Waals surface area (Å²) in [7, 11) is 0. The summed E-state index contributed by atoms with van der Waals surface area (Å²) in [6, 6.07) is 0.488. The van der Waals surface area contributed by atoms with Crippen molar-refractivity contribution in [2.45, 2.75) is 45.2 Å². The molecule has 66 valence electrons. The summed E-state index contributed by atoms with van der Waals surface area (Å²) in [4.78, 5) is 0. The summed E-state index contributed by atoms with van der Waals surface area (Å²) in [5.41, 5.74) is 5.94. The Morgan fingerprint density at radius 3 is 2.27 bits per heavy atom. The summed E-state index contributed by atoms with van der Waals surface area (Å²) in [5, 5.41) is 3.49. The molecular weight excluding hydrogens is 136 g/mol. The molecule has 0 atom stereocenters. The summed E-state index contributed by atoms with van der Waals surface area (Å²) >= 11 is 0. The first-order valence-corrected chi connectivity index (χ1v) is 4.48. The fourth-order valence-corrected chi connectivity index (χ4v) is 1.40. The van der Waals surface area contributed by atoms with Gasteiger partial charge in [0.1, 0.15) is 0 Å². The van der Waals surface area contributed by atoms with Crippen LogP contribution in [0, 0.1) is 5.92 Å². The van der Waals surface area contributed by atoms with Crippen molar-refractivity contribution >= 4 is 0 Å². The number of rotatable bonds is 2. The normalized spacial score (nSPS) is 31.6. The maximum absolute atomic E-state index is 5.68. The van der Waals surface area contributed by atoms with E-state index in [4.69, 9.17) is 5.73 Å². The minimum absolute atomic E-state index is 0.264. The predicted molar refractivity (Wildman–Crippen MR) is 48.5 cm³/mol. The minimum atomic E-state index is 0.264. The molecule has 1 rings (SSSR count). The lowest BCUT2D eigenvalue weighted by atomic mass is 9.80. The Hall–Kier alpha value is -0.0800. The molecule has 2 heteroatoms. The average molecular weight is 156 g/mol. The predicted octanol–water partition coefficient (Wildman–Crippen LogP) is 1.11. The Morgan fingerprint density at radius 1 is 1.36 bits per heavy atom. The second-order valence-corrected chi connectivity index (χ2v) is 4.73. The molecule has 0 unspecified atom stereocenters. The van der Waals surface area contributed by atoms with Crippen molar-refractivity contribution in [2.75, 3.05) is 6.54 Å². The zero-order valence-electron chi connectivity index (χ0n) is 7.85. The van der Waals surface area contributed by atoms with E-state index in [9.17, 15) is 0 Å². The van der Waals surface area contributed by atoms with Crippen LogP contribution in [0.15, 0.2) is 0 Å². The molecule has 1 aliphatic rings. The van der Waals surface area contributed by atoms with Crippen LogP contribution in [-0.4, -0.2) is 18.1 Å². The van der Waals surface area contributed by atoms with Crippen LogP contribution < -0.4 is 11.1 Å². The van der Waals surface area contributed by atoms with Gasteiger partial charge in [-0.15, -0.1) is 0 Å². The molecule has 1 fully saturated rings. The second kappa shape index (κ2) is 3.11. The highest BCUT2D eigenvalue weighted by Gasteiger charge is 2.26. The van der Waals surface area contributed by atoms with Gasteiger partial charge >= 0.3 is 0 Å². The zero-order chi connectivity index (χ0) is 8.48. The Bertz CT molecular complexity index is 120. The zero-order valence-corrected chi connectivity index (χ0v) is 7.85. The first-order chi connectivity index (χ1) is 4.97. The molecule has 0 bridgehead atoms. The van der Waals surface area contributed by atoms with Gasteiger partial charge in [-0.05, 0) is 46.1 Å². The topological polar surface area (TPSA) is 38.0 Å². The van der Waals surface area contributed by atoms with Crippen LogP contribution in [0.4, 0.5) is 0 Å². The Kier molecular flexibility index (Phi) is 2.55. The molecule has 1 aliphatic carbocycles. The molecule has 2 nitrogen and oxygen atoms in total. The standard InChI is InChI=1S/C9H20N2/c1-9(2,3)11-6-7-4-8(10)5-7/h7-8,11H,4-6,10H2,1-3H3. The maximum atomic E-state index is 5.68. The monoisotopic (exact) mass is 156 g/mol. The third kappa shape index (κ3) is 3.21. The molecule has 0 radical (unpaired) electrons. The van der Waals surface area contributed by atoms with E-state index in [2.05, 4.69) is 26.1 Å². The Balaban J connectivity index is 2.05. The molecule has 0 aromatic rings. The van der Waals surface area contributed by atoms with Crippen molar-refractivity contribution in [3.8, 4) is 0 Å². The van der Waals surface area contributed by atoms with Gasteiger partial charge in [0, 0.05) is 11.6 Å². The average Bonchev–Trinajstić information content (AvgIpc) is 1.75. The molecule has 0 aliphatic heterocycles. The van der Waals surface area contributed by atoms with Gasteiger partial charge in [-0.1, -0.05) is 0 Å². The van der Waals surface area contributed by atoms with E-state index in [1.807, 2.05) is 0 Å². The van der Waals surface area contributed by atoms with Crippen LogP contribution in [-0.2, 0) is 0 Å². The highest BCUT2D eigenvalue weighted by Crippen LogP contribution is 2.24. The van der Waals surface area contributed by atoms with Crippen LogP contribution >= 0.6 is 0 Å². The highest BCUT2D eigenvalue weighted by atomic mass is 14.9. The number of hydrogen-bond donors (Lipinski definition) is 2. The van der Waals surface area contributed by atoms with E-state index in [0.717, 1.165) is 12.5 Å². The smallest absolute Gasteiger partial charge is 0.00966 e. The van der Waals surface area contributed by atoms with Crippen molar-refractivity contribution in [2.24, 2.45) is 11.7 Å². The van der Waals surface area contributed by atoms with Crippen molar-refractivity contribution in [3.63, 3.8) is 0 Å². The minimum Gasteiger partial charge on any atom is -0.328 e. The third-order valence-electron chi connectivity index (χ3n) is 2.19. The Morgan fingerprint density at radius 2 is 1.91 bits per heavy atom. The highest BCUT2D eigenvalue weighted by molar-refractivity contribution is 4.85. The van der Waals surface area contributed by atoms with E-state index >= 15 is 0 Å². The van der Waals surface area contributed by atoms with Gasteiger partial charge in [-0.25, -0.2) is 0 Å². The van der Waals surface area contributed by atoms with Crippen molar-refractivity contribution in [1.82, 2.24) is 5.32 Å². The first kappa shape index (κ1) is 9.01. The van der Waals surface area contributed by atoms with Crippen LogP contribution in [0.25, 0.3) is 0 Å². The molecule has 0 saturated heterocycles. The van der Waals surface area contributed by atoms with E-state index in [0.29, 0.717) is 6.04 Å². The number of hydrogen-bond acceptors (Lipinski definition) is 2. The molecule has 0 spiro atoms. The van der Waals surface area contributed by atoms with Gasteiger partial charge in [-0.3, -0.25) is 0 Å². The summed E-state index contributed by atoms with van der Waals surface area (Å²) in [6.45, 7) is 7.74. The van der Waals surface area contributed by atoms with Gasteiger partial charge in [0.2, 0.25) is 0 Å². The van der Waals surface area contributed by atoms with Gasteiger partial charge in [-0.2, -0.15) is 0 Å². The molecule has 0 aromatic heterocycles. The fraction of sp³-hybridized carbons (Fsp3) is 1.00. The SMILES string of the molecule is CC(C)(C)NCC1CC(N)C1. The molecule has 3 N–H and O–H groups in total. The quantitative estimate of drug-likeness (QED) is 0.628. The van der Waals surface area contributed by atoms with E-state index in [-0.39, 0.29) is 5.54 Å². The van der Waals surface area contributed by atoms with E-state index in [1.165, 1.54) is 12.8 Å². The largest absolute Gasteiger partial charge is 0.328 e. The maximum Gasteiger partial charge on any atom is 0.00966 e. The van der Waals surface area contributed by atoms with Crippen LogP contribution in [0.5, 0.6) is 0 Å². The molecule has 0 aromatic carbocycles. The number of nitrogens with one attached hydrogen (secondary N) is 1. The van der Waals surface area contributed by atoms with E-state index < -0.39 is 0 Å². The van der Waals surface area contributed by atoms with Crippen LogP contribution in [0.1, 0.15) is 33.6 Å². The lowest BCUT2D eigenvalue weighted by Crippen LogP contribution is -2.46. The van der Waals surface area contributed by atoms with Crippen molar-refractivity contribution in [3.05, 3.63) is 0 Å². The molecule has 0 heterocycles. The first-order valence-electron chi connectivity index (χ1n) is 4.48. The van der Waals surface area contributed by atoms with Gasteiger partial charge < -0.3 is 11.1 Å². The van der Waals surface area contributed by atoms with Crippen LogP contribution in [0.2, 0.25) is 0 Å². The second-order valence-electron chi connectivity index (χ2n) is 4.73. The van der Waals surface area contributed by atoms with Gasteiger partial charge in [0.25, 0.3) is 0 Å². The van der Waals surface area contributed by atoms with Crippen molar-refractivity contribution in [1.29, 1.82) is 0 Å². The fourth-order valence-electron chi connectivity index (χ4n) is 1.40.